The lowest BCUT2D eigenvalue weighted by atomic mass is 10.2. The van der Waals surface area contributed by atoms with Gasteiger partial charge in [-0.25, -0.2) is 14.3 Å². The molecule has 2 N–H and O–H groups in total. The summed E-state index contributed by atoms with van der Waals surface area (Å²) in [5.41, 5.74) is 0.876. The first kappa shape index (κ1) is 18.0. The van der Waals surface area contributed by atoms with Crippen LogP contribution < -0.4 is 21.1 Å². The van der Waals surface area contributed by atoms with Crippen molar-refractivity contribution in [3.8, 4) is 5.75 Å². The maximum absolute atomic E-state index is 12.2. The number of nitrogens with zero attached hydrogens (tertiary/aromatic N) is 3. The van der Waals surface area contributed by atoms with Crippen LogP contribution in [-0.2, 0) is 26.1 Å². The van der Waals surface area contributed by atoms with Crippen molar-refractivity contribution in [3.05, 3.63) is 46.1 Å². The van der Waals surface area contributed by atoms with E-state index < -0.39 is 0 Å². The number of methoxy groups -OCH3 is 1. The summed E-state index contributed by atoms with van der Waals surface area (Å²) >= 11 is 0. The summed E-state index contributed by atoms with van der Waals surface area (Å²) in [6, 6.07) is 7.31. The summed E-state index contributed by atoms with van der Waals surface area (Å²) in [4.78, 5) is 24.1. The molecule has 0 unspecified atom stereocenters. The minimum absolute atomic E-state index is 0.0414. The number of carbonyl (C=O) groups excluding carboxylic acids is 1. The molecule has 1 aliphatic heterocycles. The fourth-order valence-electron chi connectivity index (χ4n) is 3.11. The monoisotopic (exact) mass is 359 g/mol. The van der Waals surface area contributed by atoms with E-state index in [2.05, 4.69) is 15.7 Å². The molecule has 0 spiro atoms. The zero-order valence-electron chi connectivity index (χ0n) is 15.0. The lowest BCUT2D eigenvalue weighted by Crippen LogP contribution is -2.36. The maximum atomic E-state index is 12.2. The van der Waals surface area contributed by atoms with Crippen LogP contribution in [-0.4, -0.2) is 34.0 Å². The molecule has 0 saturated carbocycles. The van der Waals surface area contributed by atoms with Gasteiger partial charge in [-0.2, -0.15) is 5.10 Å². The number of ether oxygens (including phenoxy) is 1. The third-order valence-electron chi connectivity index (χ3n) is 4.50. The molecule has 1 aromatic heterocycles. The first-order chi connectivity index (χ1) is 12.7. The van der Waals surface area contributed by atoms with Crippen LogP contribution in [0.4, 0.5) is 4.79 Å². The van der Waals surface area contributed by atoms with Crippen molar-refractivity contribution in [2.45, 2.75) is 45.3 Å². The van der Waals surface area contributed by atoms with Crippen LogP contribution in [0.5, 0.6) is 5.75 Å². The number of urea groups is 1. The van der Waals surface area contributed by atoms with Crippen LogP contribution in [0.15, 0.2) is 29.1 Å². The Kier molecular flexibility index (Phi) is 5.93. The second kappa shape index (κ2) is 8.55. The smallest absolute Gasteiger partial charge is 0.345 e. The number of carbonyl (C=O) groups is 1. The molecule has 140 valence electrons. The van der Waals surface area contributed by atoms with Crippen molar-refractivity contribution in [1.29, 1.82) is 0 Å². The Bertz CT molecular complexity index is 811. The van der Waals surface area contributed by atoms with Gasteiger partial charge in [-0.15, -0.1) is 0 Å². The predicted molar refractivity (Wildman–Crippen MR) is 97.3 cm³/mol. The number of para-hydroxylation sites is 1. The van der Waals surface area contributed by atoms with Gasteiger partial charge in [0.25, 0.3) is 0 Å². The number of aromatic nitrogens is 3. The van der Waals surface area contributed by atoms with Crippen LogP contribution in [0.2, 0.25) is 0 Å². The Hall–Kier alpha value is -2.77. The van der Waals surface area contributed by atoms with Crippen LogP contribution in [0.25, 0.3) is 0 Å². The topological polar surface area (TPSA) is 90.2 Å². The van der Waals surface area contributed by atoms with Gasteiger partial charge in [0.05, 0.1) is 7.11 Å². The van der Waals surface area contributed by atoms with E-state index in [1.807, 2.05) is 24.3 Å². The number of benzene rings is 1. The predicted octanol–water partition coefficient (Wildman–Crippen LogP) is 1.28. The number of hydrogen-bond donors (Lipinski definition) is 2. The van der Waals surface area contributed by atoms with E-state index >= 15 is 0 Å². The van der Waals surface area contributed by atoms with Gasteiger partial charge in [0.1, 0.15) is 11.6 Å². The zero-order valence-corrected chi connectivity index (χ0v) is 15.0. The first-order valence-electron chi connectivity index (χ1n) is 8.99. The van der Waals surface area contributed by atoms with Gasteiger partial charge in [-0.1, -0.05) is 18.2 Å². The van der Waals surface area contributed by atoms with Gasteiger partial charge in [0.15, 0.2) is 0 Å². The molecular weight excluding hydrogens is 334 g/mol. The molecule has 8 heteroatoms. The van der Waals surface area contributed by atoms with Crippen molar-refractivity contribution >= 4 is 6.03 Å². The number of aryl methyl sites for hydroxylation is 2. The fraction of sp³-hybridized carbons (Fsp3) is 0.500. The van der Waals surface area contributed by atoms with Crippen molar-refractivity contribution in [2.75, 3.05) is 13.7 Å². The van der Waals surface area contributed by atoms with Gasteiger partial charge < -0.3 is 15.4 Å². The van der Waals surface area contributed by atoms with E-state index in [1.165, 1.54) is 4.68 Å². The molecule has 0 fully saturated rings. The molecular formula is C18H25N5O3. The lowest BCUT2D eigenvalue weighted by Gasteiger charge is -2.10. The second-order valence-corrected chi connectivity index (χ2v) is 6.31. The van der Waals surface area contributed by atoms with Gasteiger partial charge in [-0.3, -0.25) is 4.57 Å². The molecule has 1 aliphatic rings. The number of nitrogens with one attached hydrogen (secondary N) is 2. The minimum atomic E-state index is -0.243. The summed E-state index contributed by atoms with van der Waals surface area (Å²) in [7, 11) is 1.61. The Morgan fingerprint density at radius 3 is 2.92 bits per heavy atom. The molecule has 2 aromatic rings. The molecule has 2 heterocycles. The molecule has 1 aromatic carbocycles. The highest BCUT2D eigenvalue weighted by molar-refractivity contribution is 5.73. The molecule has 26 heavy (non-hydrogen) atoms. The Labute approximate surface area is 152 Å². The third-order valence-corrected chi connectivity index (χ3v) is 4.50. The number of amides is 2. The van der Waals surface area contributed by atoms with Crippen LogP contribution in [0, 0.1) is 0 Å². The summed E-state index contributed by atoms with van der Waals surface area (Å²) in [6.07, 6.45) is 3.64. The third kappa shape index (κ3) is 4.25. The van der Waals surface area contributed by atoms with E-state index in [9.17, 15) is 9.59 Å². The largest absolute Gasteiger partial charge is 0.496 e. The van der Waals surface area contributed by atoms with Gasteiger partial charge in [0.2, 0.25) is 0 Å². The van der Waals surface area contributed by atoms with Crippen molar-refractivity contribution in [3.63, 3.8) is 0 Å². The van der Waals surface area contributed by atoms with Crippen molar-refractivity contribution in [1.82, 2.24) is 25.0 Å². The first-order valence-corrected chi connectivity index (χ1v) is 8.99. The highest BCUT2D eigenvalue weighted by Crippen LogP contribution is 2.16. The molecule has 0 bridgehead atoms. The zero-order chi connectivity index (χ0) is 18.4. The molecule has 0 radical (unpaired) electrons. The van der Waals surface area contributed by atoms with Crippen molar-refractivity contribution < 1.29 is 9.53 Å². The molecule has 3 rings (SSSR count). The van der Waals surface area contributed by atoms with Gasteiger partial charge in [-0.05, 0) is 25.3 Å². The van der Waals surface area contributed by atoms with E-state index in [-0.39, 0.29) is 11.7 Å². The molecule has 2 amide bonds. The van der Waals surface area contributed by atoms with Gasteiger partial charge in [0, 0.05) is 38.2 Å². The second-order valence-electron chi connectivity index (χ2n) is 6.31. The number of rotatable bonds is 7. The number of fused-ring (bicyclic) bond motifs is 1. The number of hydrogen-bond acceptors (Lipinski definition) is 4. The SMILES string of the molecule is COc1ccccc1CNC(=O)NCCCn1nc2n(c1=O)CCCC2. The fourth-order valence-corrected chi connectivity index (χ4v) is 3.11. The Morgan fingerprint density at radius 1 is 1.27 bits per heavy atom. The van der Waals surface area contributed by atoms with E-state index in [0.717, 1.165) is 42.9 Å². The Morgan fingerprint density at radius 2 is 2.12 bits per heavy atom. The van der Waals surface area contributed by atoms with Crippen LogP contribution >= 0.6 is 0 Å². The maximum Gasteiger partial charge on any atom is 0.345 e. The van der Waals surface area contributed by atoms with Crippen LogP contribution in [0.3, 0.4) is 0 Å². The minimum Gasteiger partial charge on any atom is -0.496 e. The molecule has 8 nitrogen and oxygen atoms in total. The average molecular weight is 359 g/mol. The summed E-state index contributed by atoms with van der Waals surface area (Å²) in [6.45, 7) is 2.14. The summed E-state index contributed by atoms with van der Waals surface area (Å²) in [5, 5.41) is 9.99. The van der Waals surface area contributed by atoms with E-state index in [0.29, 0.717) is 26.1 Å². The average Bonchev–Trinajstić information content (AvgIpc) is 3.00. The molecule has 0 saturated heterocycles. The standard InChI is InChI=1S/C18H25N5O3/c1-26-15-8-3-2-7-14(15)13-20-17(24)19-10-6-12-23-18(25)22-11-5-4-9-16(22)21-23/h2-3,7-8H,4-6,9-13H2,1H3,(H2,19,20,24). The molecule has 0 atom stereocenters. The summed E-state index contributed by atoms with van der Waals surface area (Å²) in [5.74, 6) is 1.62. The quantitative estimate of drug-likeness (QED) is 0.729. The Balaban J connectivity index is 1.40. The molecule has 0 aliphatic carbocycles. The van der Waals surface area contributed by atoms with Crippen molar-refractivity contribution in [2.24, 2.45) is 0 Å². The highest BCUT2D eigenvalue weighted by atomic mass is 16.5. The van der Waals surface area contributed by atoms with Crippen LogP contribution in [0.1, 0.15) is 30.7 Å². The lowest BCUT2D eigenvalue weighted by molar-refractivity contribution is 0.240. The summed E-state index contributed by atoms with van der Waals surface area (Å²) < 4.78 is 8.53. The highest BCUT2D eigenvalue weighted by Gasteiger charge is 2.16. The van der Waals surface area contributed by atoms with E-state index in [1.54, 1.807) is 11.7 Å². The normalized spacial score (nSPS) is 13.1. The van der Waals surface area contributed by atoms with Gasteiger partial charge >= 0.3 is 11.7 Å². The van der Waals surface area contributed by atoms with E-state index in [4.69, 9.17) is 4.74 Å².